The molecule has 22 heavy (non-hydrogen) atoms. The van der Waals surface area contributed by atoms with Crippen molar-refractivity contribution in [3.63, 3.8) is 0 Å². The molecular formula is C14H10F2N2O3S. The lowest BCUT2D eigenvalue weighted by atomic mass is 10.3. The van der Waals surface area contributed by atoms with Crippen LogP contribution in [0.4, 0.5) is 14.5 Å². The first-order chi connectivity index (χ1) is 10.4. The molecule has 0 aliphatic rings. The third-order valence-electron chi connectivity index (χ3n) is 2.56. The summed E-state index contributed by atoms with van der Waals surface area (Å²) in [5.74, 6) is -1.58. The summed E-state index contributed by atoms with van der Waals surface area (Å²) >= 11 is 0. The molecule has 0 aliphatic carbocycles. The number of ether oxygens (including phenoxy) is 1. The van der Waals surface area contributed by atoms with Crippen molar-refractivity contribution < 1.29 is 21.9 Å². The molecule has 2 aromatic rings. The summed E-state index contributed by atoms with van der Waals surface area (Å²) in [4.78, 5) is -0.519. The smallest absolute Gasteiger partial charge is 0.262 e. The molecule has 114 valence electrons. The van der Waals surface area contributed by atoms with E-state index >= 15 is 0 Å². The molecule has 2 rings (SSSR count). The fourth-order valence-corrected chi connectivity index (χ4v) is 2.73. The number of halogens is 2. The Balaban J connectivity index is 2.20. The second-order valence-corrected chi connectivity index (χ2v) is 5.86. The first kappa shape index (κ1) is 15.7. The van der Waals surface area contributed by atoms with E-state index in [1.165, 1.54) is 24.3 Å². The van der Waals surface area contributed by atoms with E-state index in [9.17, 15) is 17.2 Å². The Morgan fingerprint density at radius 1 is 1.09 bits per heavy atom. The summed E-state index contributed by atoms with van der Waals surface area (Å²) in [5.41, 5.74) is 0.189. The molecule has 8 heteroatoms. The standard InChI is InChI=1S/C14H10F2N2O3S/c15-10-7-11(16)9-14(8-10)22(19,20)18-12-1-3-13(4-2-12)21-6-5-17/h1-4,7-9,18H,6H2. The third kappa shape index (κ3) is 3.93. The Labute approximate surface area is 125 Å². The third-order valence-corrected chi connectivity index (χ3v) is 3.92. The molecular weight excluding hydrogens is 314 g/mol. The molecule has 0 aromatic heterocycles. The second-order valence-electron chi connectivity index (χ2n) is 4.18. The van der Waals surface area contributed by atoms with E-state index in [1.807, 2.05) is 0 Å². The molecule has 1 N–H and O–H groups in total. The number of sulfonamides is 1. The van der Waals surface area contributed by atoms with Gasteiger partial charge in [0.2, 0.25) is 0 Å². The maximum absolute atomic E-state index is 13.1. The van der Waals surface area contributed by atoms with Crippen LogP contribution < -0.4 is 9.46 Å². The van der Waals surface area contributed by atoms with Crippen molar-refractivity contribution in [2.24, 2.45) is 0 Å². The van der Waals surface area contributed by atoms with E-state index in [2.05, 4.69) is 4.72 Å². The van der Waals surface area contributed by atoms with Crippen molar-refractivity contribution in [1.29, 1.82) is 5.26 Å². The summed E-state index contributed by atoms with van der Waals surface area (Å²) in [6, 6.07) is 9.54. The normalized spacial score (nSPS) is 10.8. The number of nitrogens with zero attached hydrogens (tertiary/aromatic N) is 1. The highest BCUT2D eigenvalue weighted by atomic mass is 32.2. The van der Waals surface area contributed by atoms with Gasteiger partial charge in [-0.25, -0.2) is 17.2 Å². The summed E-state index contributed by atoms with van der Waals surface area (Å²) in [6.45, 7) is -0.131. The lowest BCUT2D eigenvalue weighted by molar-refractivity contribution is 0.368. The van der Waals surface area contributed by atoms with E-state index < -0.39 is 26.6 Å². The number of rotatable bonds is 5. The number of anilines is 1. The van der Waals surface area contributed by atoms with Gasteiger partial charge in [0.1, 0.15) is 23.5 Å². The molecule has 0 fully saturated rings. The van der Waals surface area contributed by atoms with Crippen LogP contribution in [0.5, 0.6) is 5.75 Å². The van der Waals surface area contributed by atoms with Gasteiger partial charge in [-0.05, 0) is 36.4 Å². The van der Waals surface area contributed by atoms with Gasteiger partial charge in [0.25, 0.3) is 10.0 Å². The van der Waals surface area contributed by atoms with Crippen LogP contribution in [-0.2, 0) is 10.0 Å². The number of hydrogen-bond donors (Lipinski definition) is 1. The Hall–Kier alpha value is -2.66. The van der Waals surface area contributed by atoms with Gasteiger partial charge in [0.05, 0.1) is 4.90 Å². The minimum Gasteiger partial charge on any atom is -0.479 e. The molecule has 2 aromatic carbocycles. The van der Waals surface area contributed by atoms with Crippen molar-refractivity contribution in [3.8, 4) is 11.8 Å². The van der Waals surface area contributed by atoms with Crippen molar-refractivity contribution >= 4 is 15.7 Å². The zero-order chi connectivity index (χ0) is 16.2. The first-order valence-corrected chi connectivity index (χ1v) is 7.48. The molecule has 0 radical (unpaired) electrons. The second kappa shape index (κ2) is 6.41. The molecule has 0 bridgehead atoms. The lowest BCUT2D eigenvalue weighted by Gasteiger charge is -2.09. The molecule has 0 spiro atoms. The topological polar surface area (TPSA) is 79.2 Å². The number of nitriles is 1. The van der Waals surface area contributed by atoms with Gasteiger partial charge in [0, 0.05) is 11.8 Å². The Morgan fingerprint density at radius 2 is 1.68 bits per heavy atom. The predicted octanol–water partition coefficient (Wildman–Crippen LogP) is 2.67. The van der Waals surface area contributed by atoms with Crippen molar-refractivity contribution in [1.82, 2.24) is 0 Å². The largest absolute Gasteiger partial charge is 0.479 e. The molecule has 0 heterocycles. The number of nitrogens with one attached hydrogen (secondary N) is 1. The summed E-state index contributed by atoms with van der Waals surface area (Å²) < 4.78 is 57.5. The number of hydrogen-bond acceptors (Lipinski definition) is 4. The van der Waals surface area contributed by atoms with Crippen LogP contribution in [0.25, 0.3) is 0 Å². The highest BCUT2D eigenvalue weighted by molar-refractivity contribution is 7.92. The van der Waals surface area contributed by atoms with Crippen LogP contribution in [0.2, 0.25) is 0 Å². The van der Waals surface area contributed by atoms with Gasteiger partial charge in [-0.1, -0.05) is 0 Å². The van der Waals surface area contributed by atoms with Crippen LogP contribution >= 0.6 is 0 Å². The van der Waals surface area contributed by atoms with Crippen LogP contribution in [0, 0.1) is 23.0 Å². The van der Waals surface area contributed by atoms with E-state index in [-0.39, 0.29) is 12.3 Å². The Morgan fingerprint density at radius 3 is 2.23 bits per heavy atom. The molecule has 0 amide bonds. The van der Waals surface area contributed by atoms with E-state index in [0.29, 0.717) is 11.8 Å². The fraction of sp³-hybridized carbons (Fsp3) is 0.0714. The Bertz CT molecular complexity index is 795. The highest BCUT2D eigenvalue weighted by Gasteiger charge is 2.16. The van der Waals surface area contributed by atoms with Gasteiger partial charge >= 0.3 is 0 Å². The molecule has 0 saturated heterocycles. The maximum atomic E-state index is 13.1. The zero-order valence-electron chi connectivity index (χ0n) is 11.1. The number of benzene rings is 2. The molecule has 0 aliphatic heterocycles. The summed E-state index contributed by atoms with van der Waals surface area (Å²) in [7, 11) is -4.11. The molecule has 0 saturated carbocycles. The van der Waals surface area contributed by atoms with Gasteiger partial charge in [-0.3, -0.25) is 4.72 Å². The average molecular weight is 324 g/mol. The van der Waals surface area contributed by atoms with E-state index in [4.69, 9.17) is 10.00 Å². The minimum absolute atomic E-state index is 0.131. The van der Waals surface area contributed by atoms with Crippen LogP contribution in [0.15, 0.2) is 47.4 Å². The molecule has 5 nitrogen and oxygen atoms in total. The van der Waals surface area contributed by atoms with Crippen molar-refractivity contribution in [2.75, 3.05) is 11.3 Å². The van der Waals surface area contributed by atoms with Crippen molar-refractivity contribution in [3.05, 3.63) is 54.1 Å². The van der Waals surface area contributed by atoms with Crippen LogP contribution in [-0.4, -0.2) is 15.0 Å². The minimum atomic E-state index is -4.11. The van der Waals surface area contributed by atoms with Gasteiger partial charge in [0.15, 0.2) is 6.61 Å². The monoisotopic (exact) mass is 324 g/mol. The van der Waals surface area contributed by atoms with Crippen LogP contribution in [0.3, 0.4) is 0 Å². The van der Waals surface area contributed by atoms with Crippen LogP contribution in [0.1, 0.15) is 0 Å². The first-order valence-electron chi connectivity index (χ1n) is 5.99. The SMILES string of the molecule is N#CCOc1ccc(NS(=O)(=O)c2cc(F)cc(F)c2)cc1. The van der Waals surface area contributed by atoms with Gasteiger partial charge < -0.3 is 4.74 Å². The molecule has 0 atom stereocenters. The van der Waals surface area contributed by atoms with E-state index in [1.54, 1.807) is 6.07 Å². The highest BCUT2D eigenvalue weighted by Crippen LogP contribution is 2.20. The zero-order valence-corrected chi connectivity index (χ0v) is 11.9. The summed E-state index contributed by atoms with van der Waals surface area (Å²) in [6.07, 6.45) is 0. The summed E-state index contributed by atoms with van der Waals surface area (Å²) in [5, 5.41) is 8.38. The van der Waals surface area contributed by atoms with Gasteiger partial charge in [-0.2, -0.15) is 5.26 Å². The maximum Gasteiger partial charge on any atom is 0.262 e. The van der Waals surface area contributed by atoms with E-state index in [0.717, 1.165) is 12.1 Å². The molecule has 0 unspecified atom stereocenters. The van der Waals surface area contributed by atoms with Gasteiger partial charge in [-0.15, -0.1) is 0 Å². The fourth-order valence-electron chi connectivity index (χ4n) is 1.63. The predicted molar refractivity (Wildman–Crippen MR) is 74.7 cm³/mol. The van der Waals surface area contributed by atoms with Crippen molar-refractivity contribution in [2.45, 2.75) is 4.90 Å². The average Bonchev–Trinajstić information content (AvgIpc) is 2.45. The quantitative estimate of drug-likeness (QED) is 0.917. The lowest BCUT2D eigenvalue weighted by Crippen LogP contribution is -2.13. The Kier molecular flexibility index (Phi) is 4.58.